The molecular formula is C19H23NO. The second kappa shape index (κ2) is 5.34. The van der Waals surface area contributed by atoms with E-state index in [0.29, 0.717) is 12.0 Å². The molecule has 0 amide bonds. The molecule has 2 aliphatic carbocycles. The van der Waals surface area contributed by atoms with Crippen LogP contribution in [0.2, 0.25) is 0 Å². The summed E-state index contributed by atoms with van der Waals surface area (Å²) < 4.78 is 5.73. The van der Waals surface area contributed by atoms with Gasteiger partial charge >= 0.3 is 0 Å². The second-order valence-electron chi connectivity index (χ2n) is 6.45. The highest BCUT2D eigenvalue weighted by molar-refractivity contribution is 5.40. The molecule has 21 heavy (non-hydrogen) atoms. The summed E-state index contributed by atoms with van der Waals surface area (Å²) in [6.07, 6.45) is 5.54. The van der Waals surface area contributed by atoms with Crippen molar-refractivity contribution in [2.45, 2.75) is 38.1 Å². The van der Waals surface area contributed by atoms with E-state index in [9.17, 15) is 0 Å². The Balaban J connectivity index is 1.61. The van der Waals surface area contributed by atoms with Crippen LogP contribution in [-0.4, -0.2) is 6.54 Å². The summed E-state index contributed by atoms with van der Waals surface area (Å²) in [6, 6.07) is 13.5. The van der Waals surface area contributed by atoms with Crippen LogP contribution in [0.3, 0.4) is 0 Å². The maximum atomic E-state index is 5.73. The lowest BCUT2D eigenvalue weighted by molar-refractivity contribution is 0.367. The molecule has 1 N–H and O–H groups in total. The van der Waals surface area contributed by atoms with Gasteiger partial charge in [-0.05, 0) is 66.8 Å². The molecule has 2 aromatic rings. The second-order valence-corrected chi connectivity index (χ2v) is 6.45. The Hall–Kier alpha value is -1.54. The highest BCUT2D eigenvalue weighted by Gasteiger charge is 2.57. The van der Waals surface area contributed by atoms with Gasteiger partial charge in [0.15, 0.2) is 0 Å². The molecule has 2 nitrogen and oxygen atoms in total. The first-order valence-electron chi connectivity index (χ1n) is 8.24. The fraction of sp³-hybridized carbons (Fsp3) is 0.474. The number of aryl methyl sites for hydroxylation is 1. The summed E-state index contributed by atoms with van der Waals surface area (Å²) >= 11 is 0. The number of fused-ring (bicyclic) bond motifs is 3. The molecular weight excluding hydrogens is 258 g/mol. The summed E-state index contributed by atoms with van der Waals surface area (Å²) in [5.41, 5.74) is 3.16. The number of benzene rings is 1. The molecule has 4 unspecified atom stereocenters. The van der Waals surface area contributed by atoms with Crippen molar-refractivity contribution in [2.75, 3.05) is 6.54 Å². The van der Waals surface area contributed by atoms with E-state index in [1.807, 2.05) is 6.07 Å². The molecule has 4 rings (SSSR count). The number of rotatable bonds is 5. The fourth-order valence-corrected chi connectivity index (χ4v) is 4.27. The first-order valence-corrected chi connectivity index (χ1v) is 8.24. The van der Waals surface area contributed by atoms with Crippen molar-refractivity contribution in [3.8, 4) is 0 Å². The van der Waals surface area contributed by atoms with Crippen molar-refractivity contribution in [3.63, 3.8) is 0 Å². The largest absolute Gasteiger partial charge is 0.468 e. The maximum Gasteiger partial charge on any atom is 0.120 e. The fourth-order valence-electron chi connectivity index (χ4n) is 4.27. The molecule has 0 bridgehead atoms. The standard InChI is InChI=1S/C19H23NO/c1-2-11-20-19(16-8-5-12-21-16)18-15-10-9-13-6-3-4-7-14(13)17(15)18/h3-8,12,15,17-20H,2,9-11H2,1H3. The molecule has 1 aromatic carbocycles. The molecule has 0 aliphatic heterocycles. The van der Waals surface area contributed by atoms with Gasteiger partial charge in [0.25, 0.3) is 0 Å². The van der Waals surface area contributed by atoms with Crippen LogP contribution in [0, 0.1) is 11.8 Å². The molecule has 1 heterocycles. The minimum Gasteiger partial charge on any atom is -0.468 e. The summed E-state index contributed by atoms with van der Waals surface area (Å²) in [4.78, 5) is 0. The van der Waals surface area contributed by atoms with Crippen LogP contribution in [-0.2, 0) is 6.42 Å². The van der Waals surface area contributed by atoms with E-state index in [1.54, 1.807) is 17.4 Å². The Morgan fingerprint density at radius 1 is 1.24 bits per heavy atom. The van der Waals surface area contributed by atoms with Crippen LogP contribution in [0.5, 0.6) is 0 Å². The summed E-state index contributed by atoms with van der Waals surface area (Å²) in [7, 11) is 0. The molecule has 1 aromatic heterocycles. The number of hydrogen-bond acceptors (Lipinski definition) is 2. The van der Waals surface area contributed by atoms with Crippen molar-refractivity contribution in [2.24, 2.45) is 11.8 Å². The minimum absolute atomic E-state index is 0.376. The number of furan rings is 1. The van der Waals surface area contributed by atoms with Gasteiger partial charge in [-0.15, -0.1) is 0 Å². The van der Waals surface area contributed by atoms with Crippen LogP contribution in [0.1, 0.15) is 48.6 Å². The minimum atomic E-state index is 0.376. The third kappa shape index (κ3) is 2.22. The lowest BCUT2D eigenvalue weighted by Gasteiger charge is -2.16. The molecule has 0 radical (unpaired) electrons. The van der Waals surface area contributed by atoms with Gasteiger partial charge in [0, 0.05) is 0 Å². The number of nitrogens with one attached hydrogen (secondary N) is 1. The Morgan fingerprint density at radius 2 is 2.14 bits per heavy atom. The summed E-state index contributed by atoms with van der Waals surface area (Å²) in [5, 5.41) is 3.73. The number of hydrogen-bond donors (Lipinski definition) is 1. The zero-order valence-corrected chi connectivity index (χ0v) is 12.6. The van der Waals surface area contributed by atoms with Crippen molar-refractivity contribution in [3.05, 3.63) is 59.5 Å². The smallest absolute Gasteiger partial charge is 0.120 e. The van der Waals surface area contributed by atoms with Crippen LogP contribution in [0.4, 0.5) is 0 Å². The van der Waals surface area contributed by atoms with E-state index in [4.69, 9.17) is 4.42 Å². The van der Waals surface area contributed by atoms with Crippen LogP contribution in [0.15, 0.2) is 47.1 Å². The van der Waals surface area contributed by atoms with Crippen LogP contribution >= 0.6 is 0 Å². The molecule has 2 heteroatoms. The molecule has 110 valence electrons. The predicted octanol–water partition coefficient (Wildman–Crippen LogP) is 4.30. The Bertz CT molecular complexity index is 604. The first-order chi connectivity index (χ1) is 10.4. The summed E-state index contributed by atoms with van der Waals surface area (Å²) in [6.45, 7) is 3.28. The first kappa shape index (κ1) is 13.1. The summed E-state index contributed by atoms with van der Waals surface area (Å²) in [5.74, 6) is 3.38. The zero-order chi connectivity index (χ0) is 14.2. The van der Waals surface area contributed by atoms with E-state index < -0.39 is 0 Å². The highest BCUT2D eigenvalue weighted by Crippen LogP contribution is 2.64. The highest BCUT2D eigenvalue weighted by atomic mass is 16.3. The monoisotopic (exact) mass is 281 g/mol. The third-order valence-electron chi connectivity index (χ3n) is 5.24. The van der Waals surface area contributed by atoms with E-state index in [1.165, 1.54) is 12.8 Å². The third-order valence-corrected chi connectivity index (χ3v) is 5.24. The molecule has 1 saturated carbocycles. The average Bonchev–Trinajstić information content (AvgIpc) is 3.00. The Labute approximate surface area is 126 Å². The van der Waals surface area contributed by atoms with Gasteiger partial charge in [0.1, 0.15) is 5.76 Å². The normalized spacial score (nSPS) is 27.8. The van der Waals surface area contributed by atoms with Crippen molar-refractivity contribution >= 4 is 0 Å². The van der Waals surface area contributed by atoms with Gasteiger partial charge < -0.3 is 9.73 Å². The lowest BCUT2D eigenvalue weighted by Crippen LogP contribution is -2.24. The molecule has 2 aliphatic rings. The Morgan fingerprint density at radius 3 is 2.95 bits per heavy atom. The van der Waals surface area contributed by atoms with Gasteiger partial charge in [-0.1, -0.05) is 31.2 Å². The van der Waals surface area contributed by atoms with Gasteiger partial charge in [0.05, 0.1) is 12.3 Å². The van der Waals surface area contributed by atoms with Crippen molar-refractivity contribution in [1.82, 2.24) is 5.32 Å². The predicted molar refractivity (Wildman–Crippen MR) is 84.2 cm³/mol. The lowest BCUT2D eigenvalue weighted by atomic mass is 9.92. The molecule has 4 atom stereocenters. The van der Waals surface area contributed by atoms with Gasteiger partial charge in [-0.3, -0.25) is 0 Å². The topological polar surface area (TPSA) is 25.2 Å². The van der Waals surface area contributed by atoms with E-state index in [-0.39, 0.29) is 0 Å². The van der Waals surface area contributed by atoms with Gasteiger partial charge in [0.2, 0.25) is 0 Å². The van der Waals surface area contributed by atoms with E-state index >= 15 is 0 Å². The average molecular weight is 281 g/mol. The van der Waals surface area contributed by atoms with E-state index in [2.05, 4.69) is 42.6 Å². The van der Waals surface area contributed by atoms with Crippen LogP contribution < -0.4 is 5.32 Å². The SMILES string of the molecule is CCCNC(c1ccco1)C1C2CCc3ccccc3C21. The van der Waals surface area contributed by atoms with Gasteiger partial charge in [-0.25, -0.2) is 0 Å². The van der Waals surface area contributed by atoms with Crippen molar-refractivity contribution < 1.29 is 4.42 Å². The van der Waals surface area contributed by atoms with Crippen molar-refractivity contribution in [1.29, 1.82) is 0 Å². The molecule has 0 saturated heterocycles. The van der Waals surface area contributed by atoms with Crippen LogP contribution in [0.25, 0.3) is 0 Å². The maximum absolute atomic E-state index is 5.73. The van der Waals surface area contributed by atoms with E-state index in [0.717, 1.165) is 30.6 Å². The van der Waals surface area contributed by atoms with Gasteiger partial charge in [-0.2, -0.15) is 0 Å². The molecule has 1 fully saturated rings. The Kier molecular flexibility index (Phi) is 3.34. The molecule has 0 spiro atoms. The quantitative estimate of drug-likeness (QED) is 0.884. The zero-order valence-electron chi connectivity index (χ0n) is 12.6.